The molecule has 0 fully saturated rings. The van der Waals surface area contributed by atoms with Crippen LogP contribution in [0, 0.1) is 12.8 Å². The quantitative estimate of drug-likeness (QED) is 0.769. The predicted molar refractivity (Wildman–Crippen MR) is 70.3 cm³/mol. The third-order valence-corrected chi connectivity index (χ3v) is 3.20. The minimum Gasteiger partial charge on any atom is -0.481 e. The Labute approximate surface area is 110 Å². The summed E-state index contributed by atoms with van der Waals surface area (Å²) in [4.78, 5) is 26.4. The average molecular weight is 268 g/mol. The van der Waals surface area contributed by atoms with Crippen molar-refractivity contribution in [2.45, 2.75) is 20.3 Å². The SMILES string of the molecule is CCC(CNC(=O)C=Cc1csc(C)n1)C(=O)O. The van der Waals surface area contributed by atoms with Crippen molar-refractivity contribution in [2.75, 3.05) is 6.54 Å². The average Bonchev–Trinajstić information content (AvgIpc) is 2.73. The zero-order valence-corrected chi connectivity index (χ0v) is 11.2. The number of thiazole rings is 1. The highest BCUT2D eigenvalue weighted by Crippen LogP contribution is 2.09. The molecule has 1 unspecified atom stereocenters. The van der Waals surface area contributed by atoms with Crippen LogP contribution in [0.25, 0.3) is 6.08 Å². The van der Waals surface area contributed by atoms with Crippen molar-refractivity contribution in [2.24, 2.45) is 5.92 Å². The van der Waals surface area contributed by atoms with E-state index in [-0.39, 0.29) is 12.5 Å². The molecule has 1 amide bonds. The Morgan fingerprint density at radius 2 is 2.33 bits per heavy atom. The number of hydrogen-bond donors (Lipinski definition) is 2. The van der Waals surface area contributed by atoms with Gasteiger partial charge in [0.2, 0.25) is 5.91 Å². The molecule has 0 spiro atoms. The first kappa shape index (κ1) is 14.4. The molecule has 98 valence electrons. The summed E-state index contributed by atoms with van der Waals surface area (Å²) >= 11 is 1.51. The number of carbonyl (C=O) groups is 2. The van der Waals surface area contributed by atoms with Crippen LogP contribution in [-0.4, -0.2) is 28.5 Å². The Morgan fingerprint density at radius 1 is 1.61 bits per heavy atom. The van der Waals surface area contributed by atoms with Gasteiger partial charge in [0.15, 0.2) is 0 Å². The van der Waals surface area contributed by atoms with Gasteiger partial charge in [0.25, 0.3) is 0 Å². The molecule has 0 aliphatic carbocycles. The number of aryl methyl sites for hydroxylation is 1. The van der Waals surface area contributed by atoms with Gasteiger partial charge in [-0.05, 0) is 19.4 Å². The first-order valence-corrected chi connectivity index (χ1v) is 6.51. The highest BCUT2D eigenvalue weighted by molar-refractivity contribution is 7.09. The zero-order chi connectivity index (χ0) is 13.5. The number of nitrogens with one attached hydrogen (secondary N) is 1. The molecule has 0 aromatic carbocycles. The van der Waals surface area contributed by atoms with Crippen molar-refractivity contribution in [3.8, 4) is 0 Å². The number of nitrogens with zero attached hydrogens (tertiary/aromatic N) is 1. The van der Waals surface area contributed by atoms with E-state index < -0.39 is 11.9 Å². The second-order valence-corrected chi connectivity index (χ2v) is 4.88. The molecule has 1 heterocycles. The van der Waals surface area contributed by atoms with E-state index in [4.69, 9.17) is 5.11 Å². The number of rotatable bonds is 6. The van der Waals surface area contributed by atoms with E-state index in [1.165, 1.54) is 17.4 Å². The molecule has 1 atom stereocenters. The summed E-state index contributed by atoms with van der Waals surface area (Å²) < 4.78 is 0. The zero-order valence-electron chi connectivity index (χ0n) is 10.3. The Kier molecular flexibility index (Phi) is 5.51. The molecule has 0 aliphatic heterocycles. The maximum absolute atomic E-state index is 11.5. The van der Waals surface area contributed by atoms with Gasteiger partial charge >= 0.3 is 5.97 Å². The number of carboxylic acids is 1. The van der Waals surface area contributed by atoms with Gasteiger partial charge in [-0.15, -0.1) is 11.3 Å². The first-order valence-electron chi connectivity index (χ1n) is 5.63. The minimum absolute atomic E-state index is 0.144. The van der Waals surface area contributed by atoms with Crippen molar-refractivity contribution < 1.29 is 14.7 Å². The summed E-state index contributed by atoms with van der Waals surface area (Å²) in [5.41, 5.74) is 0.734. The molecule has 5 nitrogen and oxygen atoms in total. The molecular weight excluding hydrogens is 252 g/mol. The number of carboxylic acid groups (broad SMARTS) is 1. The van der Waals surface area contributed by atoms with Gasteiger partial charge in [-0.1, -0.05) is 6.92 Å². The molecule has 18 heavy (non-hydrogen) atoms. The highest BCUT2D eigenvalue weighted by atomic mass is 32.1. The summed E-state index contributed by atoms with van der Waals surface area (Å²) in [6.07, 6.45) is 3.47. The molecule has 6 heteroatoms. The van der Waals surface area contributed by atoms with E-state index in [1.54, 1.807) is 13.0 Å². The lowest BCUT2D eigenvalue weighted by molar-refractivity contribution is -0.141. The summed E-state index contributed by atoms with van der Waals surface area (Å²) in [6.45, 7) is 3.81. The van der Waals surface area contributed by atoms with Crippen LogP contribution in [-0.2, 0) is 9.59 Å². The standard InChI is InChI=1S/C12H16N2O3S/c1-3-9(12(16)17)6-13-11(15)5-4-10-7-18-8(2)14-10/h4-5,7,9H,3,6H2,1-2H3,(H,13,15)(H,16,17). The van der Waals surface area contributed by atoms with Gasteiger partial charge in [-0.3, -0.25) is 9.59 Å². The number of carbonyl (C=O) groups excluding carboxylic acids is 1. The van der Waals surface area contributed by atoms with E-state index in [1.807, 2.05) is 12.3 Å². The van der Waals surface area contributed by atoms with Crippen LogP contribution in [0.4, 0.5) is 0 Å². The molecule has 2 N–H and O–H groups in total. The van der Waals surface area contributed by atoms with Crippen LogP contribution < -0.4 is 5.32 Å². The normalized spacial score (nSPS) is 12.6. The van der Waals surface area contributed by atoms with Crippen LogP contribution in [0.3, 0.4) is 0 Å². The maximum Gasteiger partial charge on any atom is 0.308 e. The third kappa shape index (κ3) is 4.67. The van der Waals surface area contributed by atoms with E-state index in [9.17, 15) is 9.59 Å². The fourth-order valence-corrected chi connectivity index (χ4v) is 1.89. The lowest BCUT2D eigenvalue weighted by Crippen LogP contribution is -2.31. The minimum atomic E-state index is -0.892. The van der Waals surface area contributed by atoms with E-state index >= 15 is 0 Å². The van der Waals surface area contributed by atoms with E-state index in [0.29, 0.717) is 6.42 Å². The predicted octanol–water partition coefficient (Wildman–Crippen LogP) is 1.69. The Bertz CT molecular complexity index is 454. The van der Waals surface area contributed by atoms with Gasteiger partial charge in [0, 0.05) is 18.0 Å². The molecule has 0 aliphatic rings. The van der Waals surface area contributed by atoms with Crippen molar-refractivity contribution >= 4 is 29.3 Å². The van der Waals surface area contributed by atoms with Crippen LogP contribution in [0.5, 0.6) is 0 Å². The van der Waals surface area contributed by atoms with Gasteiger partial charge < -0.3 is 10.4 Å². The lowest BCUT2D eigenvalue weighted by atomic mass is 10.1. The summed E-state index contributed by atoms with van der Waals surface area (Å²) in [7, 11) is 0. The fraction of sp³-hybridized carbons (Fsp3) is 0.417. The first-order chi connectivity index (χ1) is 8.52. The number of hydrogen-bond acceptors (Lipinski definition) is 4. The summed E-state index contributed by atoms with van der Waals surface area (Å²) in [5, 5.41) is 14.2. The van der Waals surface area contributed by atoms with Gasteiger partial charge in [0.1, 0.15) is 0 Å². The molecular formula is C12H16N2O3S. The van der Waals surface area contributed by atoms with Crippen molar-refractivity contribution in [3.63, 3.8) is 0 Å². The van der Waals surface area contributed by atoms with Crippen molar-refractivity contribution in [3.05, 3.63) is 22.2 Å². The van der Waals surface area contributed by atoms with Crippen LogP contribution in [0.1, 0.15) is 24.0 Å². The lowest BCUT2D eigenvalue weighted by Gasteiger charge is -2.09. The number of aliphatic carboxylic acids is 1. The molecule has 0 saturated heterocycles. The van der Waals surface area contributed by atoms with Gasteiger partial charge in [-0.25, -0.2) is 4.98 Å². The third-order valence-electron chi connectivity index (χ3n) is 2.41. The second kappa shape index (κ2) is 6.90. The molecule has 0 bridgehead atoms. The van der Waals surface area contributed by atoms with Crippen molar-refractivity contribution in [1.29, 1.82) is 0 Å². The molecule has 1 aromatic rings. The Balaban J connectivity index is 2.42. The van der Waals surface area contributed by atoms with Gasteiger partial charge in [0.05, 0.1) is 16.6 Å². The highest BCUT2D eigenvalue weighted by Gasteiger charge is 2.14. The van der Waals surface area contributed by atoms with Crippen molar-refractivity contribution in [1.82, 2.24) is 10.3 Å². The van der Waals surface area contributed by atoms with Crippen LogP contribution in [0.15, 0.2) is 11.5 Å². The summed E-state index contributed by atoms with van der Waals surface area (Å²) in [5.74, 6) is -1.74. The second-order valence-electron chi connectivity index (χ2n) is 3.81. The smallest absolute Gasteiger partial charge is 0.308 e. The van der Waals surface area contributed by atoms with Crippen LogP contribution >= 0.6 is 11.3 Å². The molecule has 1 aromatic heterocycles. The fourth-order valence-electron chi connectivity index (χ4n) is 1.31. The topological polar surface area (TPSA) is 79.3 Å². The largest absolute Gasteiger partial charge is 0.481 e. The summed E-state index contributed by atoms with van der Waals surface area (Å²) in [6, 6.07) is 0. The van der Waals surface area contributed by atoms with E-state index in [2.05, 4.69) is 10.3 Å². The maximum atomic E-state index is 11.5. The van der Waals surface area contributed by atoms with E-state index in [0.717, 1.165) is 10.7 Å². The molecule has 0 saturated carbocycles. The Morgan fingerprint density at radius 3 is 2.83 bits per heavy atom. The molecule has 1 rings (SSSR count). The number of aromatic nitrogens is 1. The van der Waals surface area contributed by atoms with Crippen LogP contribution in [0.2, 0.25) is 0 Å². The monoisotopic (exact) mass is 268 g/mol. The van der Waals surface area contributed by atoms with Gasteiger partial charge in [-0.2, -0.15) is 0 Å². The molecule has 0 radical (unpaired) electrons. The number of amides is 1. The Hall–Kier alpha value is -1.69.